The highest BCUT2D eigenvalue weighted by atomic mass is 35.5. The molecule has 0 spiro atoms. The smallest absolute Gasteiger partial charge is 0.315 e. The van der Waals surface area contributed by atoms with Crippen LogP contribution in [-0.4, -0.2) is 17.7 Å². The molecule has 0 aliphatic rings. The zero-order chi connectivity index (χ0) is 15.2. The third kappa shape index (κ3) is 4.70. The summed E-state index contributed by atoms with van der Waals surface area (Å²) in [6.07, 6.45) is -0.997. The first-order valence-corrected chi connectivity index (χ1v) is 7.54. The summed E-state index contributed by atoms with van der Waals surface area (Å²) in [7, 11) is 0. The monoisotopic (exact) mass is 328 g/mol. The largest absolute Gasteiger partial charge is 0.387 e. The molecule has 2 amide bonds. The molecule has 0 aliphatic carbocycles. The van der Waals surface area contributed by atoms with E-state index in [9.17, 15) is 14.3 Å². The van der Waals surface area contributed by atoms with Crippen molar-refractivity contribution < 1.29 is 14.3 Å². The first kappa shape index (κ1) is 15.8. The van der Waals surface area contributed by atoms with E-state index in [1.165, 1.54) is 12.1 Å². The Morgan fingerprint density at radius 2 is 2.19 bits per heavy atom. The molecule has 21 heavy (non-hydrogen) atoms. The summed E-state index contributed by atoms with van der Waals surface area (Å²) >= 11 is 7.12. The van der Waals surface area contributed by atoms with E-state index in [-0.39, 0.29) is 11.6 Å². The van der Waals surface area contributed by atoms with Crippen molar-refractivity contribution in [2.75, 3.05) is 6.54 Å². The molecule has 0 bridgehead atoms. The lowest BCUT2D eigenvalue weighted by atomic mass is 10.1. The number of aliphatic hydroxyl groups is 1. The van der Waals surface area contributed by atoms with Gasteiger partial charge in [0.1, 0.15) is 5.82 Å². The van der Waals surface area contributed by atoms with E-state index < -0.39 is 18.0 Å². The number of nitrogens with one attached hydrogen (secondary N) is 2. The van der Waals surface area contributed by atoms with Crippen LogP contribution in [0.15, 0.2) is 35.0 Å². The first-order valence-electron chi connectivity index (χ1n) is 6.22. The summed E-state index contributed by atoms with van der Waals surface area (Å²) < 4.78 is 13.3. The van der Waals surface area contributed by atoms with Crippen LogP contribution in [0.25, 0.3) is 0 Å². The summed E-state index contributed by atoms with van der Waals surface area (Å²) in [4.78, 5) is 11.6. The number of hydrogen-bond acceptors (Lipinski definition) is 3. The number of benzene rings is 1. The predicted octanol–water partition coefficient (Wildman–Crippen LogP) is 3.07. The predicted molar refractivity (Wildman–Crippen MR) is 80.9 cm³/mol. The fourth-order valence-corrected chi connectivity index (χ4v) is 2.45. The van der Waals surface area contributed by atoms with Gasteiger partial charge >= 0.3 is 6.03 Å². The molecule has 7 heteroatoms. The Morgan fingerprint density at radius 3 is 2.86 bits per heavy atom. The number of rotatable bonds is 5. The van der Waals surface area contributed by atoms with Gasteiger partial charge in [0.05, 0.1) is 11.1 Å². The minimum atomic E-state index is -0.997. The van der Waals surface area contributed by atoms with Crippen LogP contribution < -0.4 is 10.6 Å². The highest BCUT2D eigenvalue weighted by Crippen LogP contribution is 2.19. The van der Waals surface area contributed by atoms with Crippen LogP contribution in [0.3, 0.4) is 0 Å². The van der Waals surface area contributed by atoms with E-state index in [0.29, 0.717) is 12.1 Å². The molecule has 1 aromatic carbocycles. The number of thiophene rings is 1. The van der Waals surface area contributed by atoms with Gasteiger partial charge in [-0.05, 0) is 40.1 Å². The van der Waals surface area contributed by atoms with Crippen molar-refractivity contribution in [3.8, 4) is 0 Å². The van der Waals surface area contributed by atoms with Gasteiger partial charge in [0.2, 0.25) is 0 Å². The summed E-state index contributed by atoms with van der Waals surface area (Å²) in [5, 5.41) is 18.9. The van der Waals surface area contributed by atoms with E-state index in [1.807, 2.05) is 16.8 Å². The summed E-state index contributed by atoms with van der Waals surface area (Å²) in [6, 6.07) is 5.55. The molecule has 1 aromatic heterocycles. The SMILES string of the molecule is O=C(NCc1ccsc1)NC[C@H](O)c1ccc(Cl)c(F)c1. The van der Waals surface area contributed by atoms with Gasteiger partial charge in [-0.25, -0.2) is 9.18 Å². The molecule has 1 heterocycles. The Bertz CT molecular complexity index is 607. The van der Waals surface area contributed by atoms with Gasteiger partial charge in [0.15, 0.2) is 0 Å². The van der Waals surface area contributed by atoms with E-state index in [1.54, 1.807) is 11.3 Å². The average Bonchev–Trinajstić information content (AvgIpc) is 2.98. The second-order valence-electron chi connectivity index (χ2n) is 4.38. The standard InChI is InChI=1S/C14H14ClFN2O2S/c15-11-2-1-10(5-12(11)16)13(19)7-18-14(20)17-6-9-3-4-21-8-9/h1-5,8,13,19H,6-7H2,(H2,17,18,20)/t13-/m0/s1. The van der Waals surface area contributed by atoms with Crippen LogP contribution in [-0.2, 0) is 6.54 Å². The third-order valence-electron chi connectivity index (χ3n) is 2.82. The maximum atomic E-state index is 13.3. The lowest BCUT2D eigenvalue weighted by molar-refractivity contribution is 0.172. The number of aliphatic hydroxyl groups excluding tert-OH is 1. The lowest BCUT2D eigenvalue weighted by Crippen LogP contribution is -2.37. The van der Waals surface area contributed by atoms with Crippen LogP contribution in [0.4, 0.5) is 9.18 Å². The highest BCUT2D eigenvalue weighted by Gasteiger charge is 2.11. The van der Waals surface area contributed by atoms with Crippen molar-refractivity contribution in [2.24, 2.45) is 0 Å². The quantitative estimate of drug-likeness (QED) is 0.790. The minimum Gasteiger partial charge on any atom is -0.387 e. The molecule has 112 valence electrons. The van der Waals surface area contributed by atoms with Crippen LogP contribution >= 0.6 is 22.9 Å². The first-order chi connectivity index (χ1) is 10.1. The maximum Gasteiger partial charge on any atom is 0.315 e. The fraction of sp³-hybridized carbons (Fsp3) is 0.214. The molecule has 2 rings (SSSR count). The van der Waals surface area contributed by atoms with Gasteiger partial charge in [0, 0.05) is 13.1 Å². The molecule has 2 aromatic rings. The Hall–Kier alpha value is -1.63. The Balaban J connectivity index is 1.78. The number of carbonyl (C=O) groups is 1. The summed E-state index contributed by atoms with van der Waals surface area (Å²) in [6.45, 7) is 0.400. The van der Waals surface area contributed by atoms with Crippen LogP contribution in [0.2, 0.25) is 5.02 Å². The maximum absolute atomic E-state index is 13.3. The van der Waals surface area contributed by atoms with E-state index in [2.05, 4.69) is 10.6 Å². The third-order valence-corrected chi connectivity index (χ3v) is 3.86. The number of carbonyl (C=O) groups excluding carboxylic acids is 1. The molecule has 0 aliphatic heterocycles. The Labute approximate surface area is 130 Å². The zero-order valence-corrected chi connectivity index (χ0v) is 12.5. The van der Waals surface area contributed by atoms with Gasteiger partial charge < -0.3 is 15.7 Å². The normalized spacial score (nSPS) is 12.0. The summed E-state index contributed by atoms with van der Waals surface area (Å²) in [5.74, 6) is -0.602. The van der Waals surface area contributed by atoms with Crippen molar-refractivity contribution in [3.05, 3.63) is 57.0 Å². The Kier molecular flexibility index (Phi) is 5.55. The topological polar surface area (TPSA) is 61.4 Å². The molecule has 4 nitrogen and oxygen atoms in total. The molecule has 3 N–H and O–H groups in total. The number of halogens is 2. The molecular weight excluding hydrogens is 315 g/mol. The van der Waals surface area contributed by atoms with Crippen molar-refractivity contribution in [1.29, 1.82) is 0 Å². The number of urea groups is 1. The van der Waals surface area contributed by atoms with Crippen molar-refractivity contribution in [2.45, 2.75) is 12.6 Å². The van der Waals surface area contributed by atoms with E-state index >= 15 is 0 Å². The van der Waals surface area contributed by atoms with Crippen molar-refractivity contribution >= 4 is 29.0 Å². The molecular formula is C14H14ClFN2O2S. The van der Waals surface area contributed by atoms with Crippen molar-refractivity contribution in [3.63, 3.8) is 0 Å². The average molecular weight is 329 g/mol. The van der Waals surface area contributed by atoms with E-state index in [0.717, 1.165) is 11.6 Å². The Morgan fingerprint density at radius 1 is 1.38 bits per heavy atom. The van der Waals surface area contributed by atoms with Gasteiger partial charge in [-0.2, -0.15) is 11.3 Å². The van der Waals surface area contributed by atoms with Crippen molar-refractivity contribution in [1.82, 2.24) is 10.6 Å². The number of amides is 2. The highest BCUT2D eigenvalue weighted by molar-refractivity contribution is 7.07. The second-order valence-corrected chi connectivity index (χ2v) is 5.57. The molecule has 1 atom stereocenters. The summed E-state index contributed by atoms with van der Waals surface area (Å²) in [5.41, 5.74) is 1.37. The molecule has 0 radical (unpaired) electrons. The van der Waals surface area contributed by atoms with Crippen LogP contribution in [0.1, 0.15) is 17.2 Å². The molecule has 0 saturated heterocycles. The molecule has 0 unspecified atom stereocenters. The van der Waals surface area contributed by atoms with Gasteiger partial charge in [-0.1, -0.05) is 17.7 Å². The fourth-order valence-electron chi connectivity index (χ4n) is 1.66. The molecule has 0 fully saturated rings. The zero-order valence-electron chi connectivity index (χ0n) is 11.0. The minimum absolute atomic E-state index is 0.00702. The van der Waals surface area contributed by atoms with Gasteiger partial charge in [0.25, 0.3) is 0 Å². The molecule has 0 saturated carbocycles. The van der Waals surface area contributed by atoms with E-state index in [4.69, 9.17) is 11.6 Å². The van der Waals surface area contributed by atoms with Gasteiger partial charge in [-0.15, -0.1) is 0 Å². The van der Waals surface area contributed by atoms with Gasteiger partial charge in [-0.3, -0.25) is 0 Å². The lowest BCUT2D eigenvalue weighted by Gasteiger charge is -2.13. The number of hydrogen-bond donors (Lipinski definition) is 3. The second kappa shape index (κ2) is 7.40. The van der Waals surface area contributed by atoms with Crippen LogP contribution in [0, 0.1) is 5.82 Å². The van der Waals surface area contributed by atoms with Crippen LogP contribution in [0.5, 0.6) is 0 Å².